The molecule has 0 radical (unpaired) electrons. The van der Waals surface area contributed by atoms with Gasteiger partial charge in [-0.3, -0.25) is 4.79 Å². The first-order valence-electron chi connectivity index (χ1n) is 7.66. The van der Waals surface area contributed by atoms with Gasteiger partial charge in [0.15, 0.2) is 0 Å². The first kappa shape index (κ1) is 15.6. The Kier molecular flexibility index (Phi) is 5.04. The van der Waals surface area contributed by atoms with Gasteiger partial charge in [-0.15, -0.1) is 0 Å². The normalized spacial score (nSPS) is 22.0. The first-order valence-corrected chi connectivity index (χ1v) is 7.66. The molecule has 4 nitrogen and oxygen atoms in total. The van der Waals surface area contributed by atoms with Crippen LogP contribution < -0.4 is 16.8 Å². The third-order valence-corrected chi connectivity index (χ3v) is 4.31. The Bertz CT molecular complexity index is 510. The van der Waals surface area contributed by atoms with Crippen molar-refractivity contribution in [3.8, 4) is 0 Å². The third kappa shape index (κ3) is 3.86. The average Bonchev–Trinajstić information content (AvgIpc) is 2.43. The van der Waals surface area contributed by atoms with Crippen LogP contribution in [0.15, 0.2) is 12.1 Å². The molecule has 21 heavy (non-hydrogen) atoms. The number of hydrogen-bond donors (Lipinski definition) is 3. The molecule has 1 aliphatic rings. The summed E-state index contributed by atoms with van der Waals surface area (Å²) >= 11 is 0. The molecule has 1 amide bonds. The van der Waals surface area contributed by atoms with Crippen LogP contribution in [0.3, 0.4) is 0 Å². The Morgan fingerprint density at radius 1 is 1.33 bits per heavy atom. The largest absolute Gasteiger partial charge is 0.398 e. The van der Waals surface area contributed by atoms with Crippen LogP contribution in [0.2, 0.25) is 0 Å². The minimum absolute atomic E-state index is 0.0807. The summed E-state index contributed by atoms with van der Waals surface area (Å²) in [5, 5.41) is 3.20. The lowest BCUT2D eigenvalue weighted by Crippen LogP contribution is -2.27. The van der Waals surface area contributed by atoms with Crippen molar-refractivity contribution in [1.29, 1.82) is 0 Å². The van der Waals surface area contributed by atoms with Gasteiger partial charge in [-0.05, 0) is 43.7 Å². The molecule has 0 aliphatic heterocycles. The summed E-state index contributed by atoms with van der Waals surface area (Å²) in [5.41, 5.74) is 11.4. The molecular weight excluding hydrogens is 269 g/mol. The van der Waals surface area contributed by atoms with E-state index in [-0.39, 0.29) is 17.3 Å². The summed E-state index contributed by atoms with van der Waals surface area (Å²) in [7, 11) is 0. The second-order valence-corrected chi connectivity index (χ2v) is 5.93. The molecule has 0 unspecified atom stereocenters. The van der Waals surface area contributed by atoms with Crippen LogP contribution in [-0.2, 0) is 0 Å². The zero-order valence-corrected chi connectivity index (χ0v) is 12.5. The predicted molar refractivity (Wildman–Crippen MR) is 83.6 cm³/mol. The van der Waals surface area contributed by atoms with Crippen LogP contribution in [-0.4, -0.2) is 11.9 Å². The number of benzene rings is 1. The molecule has 0 heterocycles. The fraction of sp³-hybridized carbons (Fsp3) is 0.562. The number of rotatable bonds is 5. The summed E-state index contributed by atoms with van der Waals surface area (Å²) in [6, 6.07) is 2.83. The molecule has 1 aliphatic carbocycles. The number of carbonyl (C=O) groups is 1. The molecule has 0 aromatic heterocycles. The Balaban J connectivity index is 2.03. The van der Waals surface area contributed by atoms with Gasteiger partial charge in [0.25, 0.3) is 5.91 Å². The number of nitrogen functional groups attached to an aromatic ring is 1. The van der Waals surface area contributed by atoms with Crippen LogP contribution in [0.5, 0.6) is 0 Å². The number of carbonyl (C=O) groups excluding carboxylic acids is 1. The van der Waals surface area contributed by atoms with Gasteiger partial charge in [0.2, 0.25) is 0 Å². The molecule has 2 rings (SSSR count). The zero-order chi connectivity index (χ0) is 15.4. The van der Waals surface area contributed by atoms with Crippen LogP contribution in [0.1, 0.15) is 55.8 Å². The number of primary amides is 1. The summed E-state index contributed by atoms with van der Waals surface area (Å²) in [6.45, 7) is 2.21. The van der Waals surface area contributed by atoms with Crippen molar-refractivity contribution in [2.24, 2.45) is 11.7 Å². The van der Waals surface area contributed by atoms with Crippen LogP contribution in [0.4, 0.5) is 15.8 Å². The van der Waals surface area contributed by atoms with E-state index in [0.29, 0.717) is 5.69 Å². The lowest BCUT2D eigenvalue weighted by molar-refractivity contribution is 0.100. The number of anilines is 2. The Morgan fingerprint density at radius 3 is 2.57 bits per heavy atom. The molecule has 1 aromatic rings. The third-order valence-electron chi connectivity index (χ3n) is 4.31. The van der Waals surface area contributed by atoms with E-state index < -0.39 is 11.7 Å². The fourth-order valence-corrected chi connectivity index (χ4v) is 3.14. The van der Waals surface area contributed by atoms with E-state index in [9.17, 15) is 9.18 Å². The van der Waals surface area contributed by atoms with E-state index in [4.69, 9.17) is 11.5 Å². The minimum atomic E-state index is -0.637. The number of nitrogens with two attached hydrogens (primary N) is 2. The molecule has 5 heteroatoms. The SMILES string of the molecule is CCCC1CCC(Nc2cc(C(N)=O)c(N)cc2F)CC1. The van der Waals surface area contributed by atoms with Crippen molar-refractivity contribution in [2.75, 3.05) is 11.1 Å². The Morgan fingerprint density at radius 2 is 2.00 bits per heavy atom. The maximum atomic E-state index is 14.0. The fourth-order valence-electron chi connectivity index (χ4n) is 3.14. The van der Waals surface area contributed by atoms with Crippen molar-refractivity contribution in [1.82, 2.24) is 0 Å². The van der Waals surface area contributed by atoms with Gasteiger partial charge in [-0.1, -0.05) is 19.8 Å². The van der Waals surface area contributed by atoms with Crippen LogP contribution >= 0.6 is 0 Å². The average molecular weight is 293 g/mol. The van der Waals surface area contributed by atoms with Gasteiger partial charge in [0.05, 0.1) is 11.3 Å². The molecule has 0 bridgehead atoms. The first-order chi connectivity index (χ1) is 10.0. The Labute approximate surface area is 125 Å². The van der Waals surface area contributed by atoms with E-state index in [1.54, 1.807) is 0 Å². The van der Waals surface area contributed by atoms with Gasteiger partial charge >= 0.3 is 0 Å². The molecule has 0 atom stereocenters. The van der Waals surface area contributed by atoms with E-state index in [1.807, 2.05) is 0 Å². The highest BCUT2D eigenvalue weighted by Gasteiger charge is 2.22. The second-order valence-electron chi connectivity index (χ2n) is 5.93. The summed E-state index contributed by atoms with van der Waals surface area (Å²) in [4.78, 5) is 11.3. The van der Waals surface area contributed by atoms with E-state index in [0.717, 1.165) is 24.8 Å². The molecule has 1 fully saturated rings. The number of nitrogens with one attached hydrogen (secondary N) is 1. The Hall–Kier alpha value is -1.78. The maximum absolute atomic E-state index is 14.0. The summed E-state index contributed by atoms with van der Waals surface area (Å²) in [6.07, 6.45) is 6.89. The van der Waals surface area contributed by atoms with Crippen molar-refractivity contribution in [3.05, 3.63) is 23.5 Å². The molecule has 1 saturated carbocycles. The monoisotopic (exact) mass is 293 g/mol. The standard InChI is InChI=1S/C16H24FN3O/c1-2-3-10-4-6-11(7-5-10)20-15-8-12(16(19)21)14(18)9-13(15)17/h8-11,20H,2-7,18H2,1H3,(H2,19,21). The highest BCUT2D eigenvalue weighted by Crippen LogP contribution is 2.31. The lowest BCUT2D eigenvalue weighted by Gasteiger charge is -2.29. The van der Waals surface area contributed by atoms with Crippen LogP contribution in [0, 0.1) is 11.7 Å². The summed E-state index contributed by atoms with van der Waals surface area (Å²) in [5.74, 6) is -0.277. The quantitative estimate of drug-likeness (QED) is 0.729. The van der Waals surface area contributed by atoms with Crippen molar-refractivity contribution >= 4 is 17.3 Å². The van der Waals surface area contributed by atoms with E-state index in [2.05, 4.69) is 12.2 Å². The molecule has 5 N–H and O–H groups in total. The second kappa shape index (κ2) is 6.78. The smallest absolute Gasteiger partial charge is 0.250 e. The van der Waals surface area contributed by atoms with Crippen LogP contribution in [0.25, 0.3) is 0 Å². The minimum Gasteiger partial charge on any atom is -0.398 e. The zero-order valence-electron chi connectivity index (χ0n) is 12.5. The van der Waals surface area contributed by atoms with Gasteiger partial charge < -0.3 is 16.8 Å². The van der Waals surface area contributed by atoms with E-state index >= 15 is 0 Å². The topological polar surface area (TPSA) is 81.1 Å². The number of halogens is 1. The molecule has 1 aromatic carbocycles. The molecular formula is C16H24FN3O. The molecule has 116 valence electrons. The lowest BCUT2D eigenvalue weighted by atomic mass is 9.83. The van der Waals surface area contributed by atoms with Gasteiger partial charge in [-0.25, -0.2) is 4.39 Å². The highest BCUT2D eigenvalue weighted by atomic mass is 19.1. The van der Waals surface area contributed by atoms with Crippen molar-refractivity contribution in [2.45, 2.75) is 51.5 Å². The molecule has 0 spiro atoms. The van der Waals surface area contributed by atoms with Crippen molar-refractivity contribution in [3.63, 3.8) is 0 Å². The van der Waals surface area contributed by atoms with Gasteiger partial charge in [0.1, 0.15) is 5.82 Å². The van der Waals surface area contributed by atoms with E-state index in [1.165, 1.54) is 31.7 Å². The van der Waals surface area contributed by atoms with Crippen molar-refractivity contribution < 1.29 is 9.18 Å². The maximum Gasteiger partial charge on any atom is 0.250 e. The highest BCUT2D eigenvalue weighted by molar-refractivity contribution is 5.99. The van der Waals surface area contributed by atoms with Gasteiger partial charge in [-0.2, -0.15) is 0 Å². The summed E-state index contributed by atoms with van der Waals surface area (Å²) < 4.78 is 14.0. The molecule has 0 saturated heterocycles. The number of hydrogen-bond acceptors (Lipinski definition) is 3. The number of amides is 1. The van der Waals surface area contributed by atoms with Gasteiger partial charge in [0, 0.05) is 11.7 Å². The predicted octanol–water partition coefficient (Wildman–Crippen LogP) is 3.28.